The standard InChI is InChI=1S/C24H34N6O2/c1-19-18-30(13-14-32-19)23-15-20(7-8-26-23)17-27-24(25-2)29-11-9-28(10-12-29)21-5-4-6-22(16-21)31-3/h4-8,15-16,19H,9-14,17-18H2,1-3H3,(H,25,27). The van der Waals surface area contributed by atoms with Gasteiger partial charge in [-0.05, 0) is 36.8 Å². The lowest BCUT2D eigenvalue weighted by atomic mass is 10.2. The number of rotatable bonds is 5. The van der Waals surface area contributed by atoms with Crippen molar-refractivity contribution < 1.29 is 9.47 Å². The minimum atomic E-state index is 0.238. The predicted molar refractivity (Wildman–Crippen MR) is 129 cm³/mol. The maximum atomic E-state index is 5.66. The van der Waals surface area contributed by atoms with Crippen LogP contribution in [0.4, 0.5) is 11.5 Å². The van der Waals surface area contributed by atoms with Gasteiger partial charge < -0.3 is 29.5 Å². The number of ether oxygens (including phenoxy) is 2. The molecule has 1 atom stereocenters. The van der Waals surface area contributed by atoms with Crippen molar-refractivity contribution in [2.75, 3.05) is 69.8 Å². The molecule has 4 rings (SSSR count). The summed E-state index contributed by atoms with van der Waals surface area (Å²) in [6, 6.07) is 12.5. The van der Waals surface area contributed by atoms with Crippen LogP contribution in [-0.2, 0) is 11.3 Å². The molecule has 2 saturated heterocycles. The number of aliphatic imine (C=N–C) groups is 1. The van der Waals surface area contributed by atoms with E-state index in [0.717, 1.165) is 69.9 Å². The summed E-state index contributed by atoms with van der Waals surface area (Å²) < 4.78 is 11.0. The summed E-state index contributed by atoms with van der Waals surface area (Å²) in [5.41, 5.74) is 2.40. The van der Waals surface area contributed by atoms with Crippen molar-refractivity contribution >= 4 is 17.5 Å². The molecular weight excluding hydrogens is 404 g/mol. The molecule has 1 unspecified atom stereocenters. The second kappa shape index (κ2) is 10.5. The molecule has 32 heavy (non-hydrogen) atoms. The largest absolute Gasteiger partial charge is 0.497 e. The fourth-order valence-corrected chi connectivity index (χ4v) is 4.27. The van der Waals surface area contributed by atoms with E-state index in [9.17, 15) is 0 Å². The van der Waals surface area contributed by atoms with Crippen LogP contribution in [0, 0.1) is 0 Å². The molecule has 1 aromatic carbocycles. The summed E-state index contributed by atoms with van der Waals surface area (Å²) in [7, 11) is 3.56. The zero-order valence-corrected chi connectivity index (χ0v) is 19.3. The van der Waals surface area contributed by atoms with Crippen molar-refractivity contribution in [3.63, 3.8) is 0 Å². The highest BCUT2D eigenvalue weighted by Crippen LogP contribution is 2.22. The van der Waals surface area contributed by atoms with E-state index in [1.807, 2.05) is 25.4 Å². The summed E-state index contributed by atoms with van der Waals surface area (Å²) in [6.45, 7) is 9.07. The van der Waals surface area contributed by atoms with E-state index in [2.05, 4.69) is 61.2 Å². The topological polar surface area (TPSA) is 65.5 Å². The molecule has 0 amide bonds. The summed E-state index contributed by atoms with van der Waals surface area (Å²) in [4.78, 5) is 16.1. The highest BCUT2D eigenvalue weighted by atomic mass is 16.5. The van der Waals surface area contributed by atoms with E-state index in [4.69, 9.17) is 9.47 Å². The van der Waals surface area contributed by atoms with E-state index in [-0.39, 0.29) is 6.10 Å². The number of guanidine groups is 1. The van der Waals surface area contributed by atoms with Crippen molar-refractivity contribution in [2.45, 2.75) is 19.6 Å². The lowest BCUT2D eigenvalue weighted by Gasteiger charge is -2.37. The van der Waals surface area contributed by atoms with Crippen molar-refractivity contribution in [3.8, 4) is 5.75 Å². The van der Waals surface area contributed by atoms with Gasteiger partial charge in [-0.2, -0.15) is 0 Å². The molecule has 2 aliphatic rings. The average Bonchev–Trinajstić information content (AvgIpc) is 2.85. The van der Waals surface area contributed by atoms with Gasteiger partial charge in [0.2, 0.25) is 0 Å². The van der Waals surface area contributed by atoms with E-state index < -0.39 is 0 Å². The van der Waals surface area contributed by atoms with Gasteiger partial charge in [-0.15, -0.1) is 0 Å². The van der Waals surface area contributed by atoms with Gasteiger partial charge in [-0.1, -0.05) is 6.07 Å². The van der Waals surface area contributed by atoms with Gasteiger partial charge in [0.05, 0.1) is 19.8 Å². The first kappa shape index (κ1) is 22.2. The Morgan fingerprint density at radius 3 is 2.75 bits per heavy atom. The highest BCUT2D eigenvalue weighted by molar-refractivity contribution is 5.80. The molecule has 2 fully saturated rings. The summed E-state index contributed by atoms with van der Waals surface area (Å²) in [5, 5.41) is 3.53. The number of anilines is 2. The Kier molecular flexibility index (Phi) is 7.32. The van der Waals surface area contributed by atoms with Crippen LogP contribution in [0.25, 0.3) is 0 Å². The fourth-order valence-electron chi connectivity index (χ4n) is 4.27. The van der Waals surface area contributed by atoms with E-state index >= 15 is 0 Å². The number of piperazine rings is 1. The van der Waals surface area contributed by atoms with Crippen LogP contribution in [0.5, 0.6) is 5.75 Å². The van der Waals surface area contributed by atoms with Gasteiger partial charge in [-0.25, -0.2) is 4.98 Å². The zero-order chi connectivity index (χ0) is 22.3. The van der Waals surface area contributed by atoms with Crippen LogP contribution in [0.15, 0.2) is 47.6 Å². The third-order valence-electron chi connectivity index (χ3n) is 6.04. The van der Waals surface area contributed by atoms with Crippen molar-refractivity contribution in [3.05, 3.63) is 48.2 Å². The molecule has 1 N–H and O–H groups in total. The zero-order valence-electron chi connectivity index (χ0n) is 19.3. The molecule has 8 heteroatoms. The molecule has 0 bridgehead atoms. The second-order valence-electron chi connectivity index (χ2n) is 8.23. The number of hydrogen-bond acceptors (Lipinski definition) is 6. The Balaban J connectivity index is 1.31. The first-order valence-electron chi connectivity index (χ1n) is 11.3. The Morgan fingerprint density at radius 2 is 2.00 bits per heavy atom. The number of pyridine rings is 1. The molecule has 0 aliphatic carbocycles. The molecule has 1 aromatic heterocycles. The lowest BCUT2D eigenvalue weighted by molar-refractivity contribution is 0.0529. The second-order valence-corrected chi connectivity index (χ2v) is 8.23. The quantitative estimate of drug-likeness (QED) is 0.567. The van der Waals surface area contributed by atoms with Crippen LogP contribution in [0.1, 0.15) is 12.5 Å². The van der Waals surface area contributed by atoms with Crippen LogP contribution in [0.3, 0.4) is 0 Å². The van der Waals surface area contributed by atoms with Crippen molar-refractivity contribution in [1.29, 1.82) is 0 Å². The third-order valence-corrected chi connectivity index (χ3v) is 6.04. The fraction of sp³-hybridized carbons (Fsp3) is 0.500. The number of nitrogens with zero attached hydrogens (tertiary/aromatic N) is 5. The molecule has 0 spiro atoms. The smallest absolute Gasteiger partial charge is 0.194 e. The number of benzene rings is 1. The highest BCUT2D eigenvalue weighted by Gasteiger charge is 2.21. The van der Waals surface area contributed by atoms with Crippen molar-refractivity contribution in [2.24, 2.45) is 4.99 Å². The first-order chi connectivity index (χ1) is 15.7. The van der Waals surface area contributed by atoms with E-state index in [1.165, 1.54) is 11.3 Å². The number of methoxy groups -OCH3 is 1. The molecule has 0 saturated carbocycles. The first-order valence-corrected chi connectivity index (χ1v) is 11.3. The van der Waals surface area contributed by atoms with Gasteiger partial charge in [0.25, 0.3) is 0 Å². The number of hydrogen-bond donors (Lipinski definition) is 1. The van der Waals surface area contributed by atoms with E-state index in [1.54, 1.807) is 7.11 Å². The SMILES string of the molecule is CN=C(NCc1ccnc(N2CCOC(C)C2)c1)N1CCN(c2cccc(OC)c2)CC1. The van der Waals surface area contributed by atoms with Gasteiger partial charge in [0.15, 0.2) is 5.96 Å². The molecule has 0 radical (unpaired) electrons. The monoisotopic (exact) mass is 438 g/mol. The Morgan fingerprint density at radius 1 is 1.16 bits per heavy atom. The molecular formula is C24H34N6O2. The minimum absolute atomic E-state index is 0.238. The predicted octanol–water partition coefficient (Wildman–Crippen LogP) is 2.21. The number of aromatic nitrogens is 1. The molecule has 8 nitrogen and oxygen atoms in total. The van der Waals surface area contributed by atoms with Gasteiger partial charge in [0.1, 0.15) is 11.6 Å². The van der Waals surface area contributed by atoms with Crippen LogP contribution in [-0.4, -0.2) is 82.0 Å². The Labute approximate surface area is 190 Å². The third kappa shape index (κ3) is 5.43. The molecule has 2 aliphatic heterocycles. The number of morpholine rings is 1. The molecule has 2 aromatic rings. The maximum Gasteiger partial charge on any atom is 0.194 e. The van der Waals surface area contributed by atoms with E-state index in [0.29, 0.717) is 0 Å². The van der Waals surface area contributed by atoms with Crippen LogP contribution >= 0.6 is 0 Å². The van der Waals surface area contributed by atoms with Gasteiger partial charge in [0, 0.05) is 70.8 Å². The summed E-state index contributed by atoms with van der Waals surface area (Å²) >= 11 is 0. The Bertz CT molecular complexity index is 913. The lowest BCUT2D eigenvalue weighted by Crippen LogP contribution is -2.52. The van der Waals surface area contributed by atoms with Crippen LogP contribution < -0.4 is 19.9 Å². The molecule has 172 valence electrons. The van der Waals surface area contributed by atoms with Crippen LogP contribution in [0.2, 0.25) is 0 Å². The summed E-state index contributed by atoms with van der Waals surface area (Å²) in [5.74, 6) is 2.85. The minimum Gasteiger partial charge on any atom is -0.497 e. The molecule has 3 heterocycles. The number of nitrogens with one attached hydrogen (secondary N) is 1. The normalized spacial score (nSPS) is 19.8. The average molecular weight is 439 g/mol. The van der Waals surface area contributed by atoms with Gasteiger partial charge in [-0.3, -0.25) is 4.99 Å². The summed E-state index contributed by atoms with van der Waals surface area (Å²) in [6.07, 6.45) is 2.13. The Hall–Kier alpha value is -3.00. The maximum absolute atomic E-state index is 5.66. The van der Waals surface area contributed by atoms with Gasteiger partial charge >= 0.3 is 0 Å². The van der Waals surface area contributed by atoms with Crippen molar-refractivity contribution in [1.82, 2.24) is 15.2 Å².